The summed E-state index contributed by atoms with van der Waals surface area (Å²) in [5.74, 6) is 7.93. The number of benzene rings is 20. The highest BCUT2D eigenvalue weighted by atomic mass is 16.5. The highest BCUT2D eigenvalue weighted by molar-refractivity contribution is 5.94. The molecule has 2 atom stereocenters. The first-order valence-electron chi connectivity index (χ1n) is 49.8. The normalized spacial score (nSPS) is 13.8. The van der Waals surface area contributed by atoms with Crippen LogP contribution in [0.5, 0.6) is 23.0 Å². The molecule has 2 spiro atoms. The molecule has 0 bridgehead atoms. The number of hydrogen-bond donors (Lipinski definition) is 0. The molecule has 12 heteroatoms. The molecule has 2 unspecified atom stereocenters. The predicted molar refractivity (Wildman–Crippen MR) is 593 cm³/mol. The van der Waals surface area contributed by atoms with E-state index >= 15 is 0 Å². The maximum Gasteiger partial charge on any atom is 0.164 e. The number of para-hydroxylation sites is 2. The number of ether oxygens (including phenoxy) is 2. The number of fused-ring (bicyclic) bond motifs is 18. The molecule has 0 N–H and O–H groups in total. The van der Waals surface area contributed by atoms with Gasteiger partial charge in [0.05, 0.1) is 33.6 Å². The molecule has 20 aromatic carbocycles. The average Bonchev–Trinajstić information content (AvgIpc) is 1.51. The van der Waals surface area contributed by atoms with Gasteiger partial charge in [0.2, 0.25) is 0 Å². The molecule has 692 valence electrons. The summed E-state index contributed by atoms with van der Waals surface area (Å²) in [4.78, 5) is 51.9. The Labute approximate surface area is 856 Å². The number of nitrogens with zero attached hydrogens (tertiary/aromatic N) is 10. The van der Waals surface area contributed by atoms with Crippen LogP contribution in [-0.4, -0.2) is 49.8 Å². The molecule has 2 aliphatic heterocycles. The first-order valence-corrected chi connectivity index (χ1v) is 49.8. The van der Waals surface area contributed by atoms with E-state index in [0.29, 0.717) is 46.6 Å². The van der Waals surface area contributed by atoms with E-state index < -0.39 is 10.8 Å². The Hall–Kier alpha value is -19.8. The third-order valence-electron chi connectivity index (χ3n) is 28.9. The smallest absolute Gasteiger partial charge is 0.164 e. The van der Waals surface area contributed by atoms with Gasteiger partial charge in [0.1, 0.15) is 23.0 Å². The molecular weight excluding hydrogens is 1810 g/mol. The van der Waals surface area contributed by atoms with Crippen molar-refractivity contribution in [3.63, 3.8) is 0 Å². The fourth-order valence-electron chi connectivity index (χ4n) is 21.9. The molecule has 28 rings (SSSR count). The molecule has 24 aromatic rings. The number of rotatable bonds is 16. The molecule has 6 heterocycles. The van der Waals surface area contributed by atoms with Gasteiger partial charge in [0.15, 0.2) is 46.6 Å². The fraction of sp³-hybridized carbons (Fsp3) is 0.0147. The first kappa shape index (κ1) is 87.2. The first-order chi connectivity index (χ1) is 73.3. The maximum atomic E-state index is 7.11. The lowest BCUT2D eigenvalue weighted by atomic mass is 9.65. The Kier molecular flexibility index (Phi) is 21.8. The second-order valence-corrected chi connectivity index (χ2v) is 37.5. The highest BCUT2D eigenvalue weighted by Crippen LogP contribution is 2.65. The zero-order valence-corrected chi connectivity index (χ0v) is 79.9. The summed E-state index contributed by atoms with van der Waals surface area (Å²) in [7, 11) is 0. The molecule has 12 nitrogen and oxygen atoms in total. The fourth-order valence-corrected chi connectivity index (χ4v) is 21.9. The lowest BCUT2D eigenvalue weighted by Gasteiger charge is -2.39. The van der Waals surface area contributed by atoms with Crippen LogP contribution in [0.25, 0.3) is 203 Å². The van der Waals surface area contributed by atoms with Gasteiger partial charge in [-0.3, -0.25) is 0 Å². The van der Waals surface area contributed by atoms with E-state index in [1.165, 1.54) is 38.9 Å². The Balaban J connectivity index is 0.000000148. The van der Waals surface area contributed by atoms with E-state index in [-0.39, 0.29) is 0 Å². The minimum Gasteiger partial charge on any atom is -0.457 e. The van der Waals surface area contributed by atoms with Crippen molar-refractivity contribution in [1.29, 1.82) is 0 Å². The van der Waals surface area contributed by atoms with Crippen LogP contribution in [-0.2, 0) is 10.8 Å². The molecule has 4 aromatic heterocycles. The Morgan fingerprint density at radius 3 is 0.736 bits per heavy atom. The van der Waals surface area contributed by atoms with Crippen molar-refractivity contribution in [1.82, 2.24) is 49.8 Å². The zero-order chi connectivity index (χ0) is 98.0. The van der Waals surface area contributed by atoms with Gasteiger partial charge < -0.3 is 9.47 Å². The summed E-state index contributed by atoms with van der Waals surface area (Å²) in [5.41, 5.74) is 35.6. The van der Waals surface area contributed by atoms with Gasteiger partial charge in [0.25, 0.3) is 0 Å². The summed E-state index contributed by atoms with van der Waals surface area (Å²) in [6.45, 7) is 0. The van der Waals surface area contributed by atoms with Crippen LogP contribution in [0.3, 0.4) is 0 Å². The second kappa shape index (κ2) is 36.9. The van der Waals surface area contributed by atoms with Gasteiger partial charge in [-0.1, -0.05) is 467 Å². The minimum absolute atomic E-state index is 0.556. The highest BCUT2D eigenvalue weighted by Gasteiger charge is 2.53. The van der Waals surface area contributed by atoms with Crippen LogP contribution < -0.4 is 9.47 Å². The van der Waals surface area contributed by atoms with Gasteiger partial charge in [-0.05, 0) is 144 Å². The Morgan fingerprint density at radius 2 is 0.331 bits per heavy atom. The molecule has 0 amide bonds. The zero-order valence-electron chi connectivity index (χ0n) is 79.9. The largest absolute Gasteiger partial charge is 0.457 e. The molecule has 0 saturated carbocycles. The van der Waals surface area contributed by atoms with E-state index in [0.717, 1.165) is 185 Å². The molecule has 4 aliphatic rings. The van der Waals surface area contributed by atoms with Gasteiger partial charge >= 0.3 is 0 Å². The van der Waals surface area contributed by atoms with Gasteiger partial charge in [0, 0.05) is 89.0 Å². The van der Waals surface area contributed by atoms with Gasteiger partial charge in [-0.25, -0.2) is 49.8 Å². The van der Waals surface area contributed by atoms with Crippen LogP contribution in [0.2, 0.25) is 0 Å². The Bertz CT molecular complexity index is 9080. The number of aromatic nitrogens is 10. The van der Waals surface area contributed by atoms with Crippen molar-refractivity contribution < 1.29 is 9.47 Å². The SMILES string of the molecule is c1ccc(-c2ccc(-c3cc(-c4ccc5c(c4)Oc4ccccc4C54c5ccccc5-c5ccc(-c6cc(-c7ccccc7)nc(-c7ccc(-c8ccccc8)cc7)n6)cc54)nc(-c4ccc(-c5ccccc5)cc4)n3)cc2)cc1.c1ccc(-c2cccc(-c3nc(-c4ccccc4)nc(-c4ccc5c(c4)C4(c6ccccc6Oc6cc(-c7nc(-c8ccccc8)nc(-c8ccccc8)n7)ccc64)c4ccccc4-5)n3)c2)cc1. The van der Waals surface area contributed by atoms with Crippen molar-refractivity contribution in [3.8, 4) is 226 Å². The topological polar surface area (TPSA) is 147 Å². The Morgan fingerprint density at radius 1 is 0.115 bits per heavy atom. The minimum atomic E-state index is -0.754. The van der Waals surface area contributed by atoms with E-state index in [1.54, 1.807) is 0 Å². The van der Waals surface area contributed by atoms with Crippen LogP contribution >= 0.6 is 0 Å². The van der Waals surface area contributed by atoms with Crippen LogP contribution in [0, 0.1) is 0 Å². The van der Waals surface area contributed by atoms with E-state index in [9.17, 15) is 0 Å². The molecule has 0 fully saturated rings. The second-order valence-electron chi connectivity index (χ2n) is 37.5. The quantitative estimate of drug-likeness (QED) is 0.0907. The lowest BCUT2D eigenvalue weighted by molar-refractivity contribution is 0.436. The molecule has 0 radical (unpaired) electrons. The summed E-state index contributed by atoms with van der Waals surface area (Å²) >= 11 is 0. The molecular formula is C136H86N10O2. The maximum absolute atomic E-state index is 7.11. The number of hydrogen-bond acceptors (Lipinski definition) is 12. The standard InChI is InChI=1S/C75H48N4O.C61H38N6O/c1-5-17-49(18-6-1)52-29-35-56(36-30-52)68-48-70(79-74(77-68)58-39-33-54(34-40-58)51-21-9-3-10-22-51)60-42-44-65-72(46-60)80-71-28-16-15-27-64(71)75(65)63-26-14-13-25-61(63)62-43-41-59(45-66(62)75)69-47-67(55-23-11-4-12-24-55)76-73(78-69)57-37-31-53(32-38-57)50-19-7-2-8-20-50;1-5-18-39(19-6-1)43-26-17-27-44(36-43)58-63-57(42-24-11-4-12-25-42)64-59(67-58)45-32-34-48-47-28-13-14-29-49(47)61(52(48)37-45)50-30-15-16-31-53(50)68-54-38-46(33-35-51(54)61)60-65-55(40-20-7-2-8-21-40)62-56(66-60)41-22-9-3-10-23-41/h1-48H;1-38H. The molecule has 148 heavy (non-hydrogen) atoms. The molecule has 0 saturated heterocycles. The van der Waals surface area contributed by atoms with Crippen molar-refractivity contribution in [2.45, 2.75) is 10.8 Å². The van der Waals surface area contributed by atoms with E-state index in [1.807, 2.05) is 127 Å². The van der Waals surface area contributed by atoms with E-state index in [4.69, 9.17) is 59.3 Å². The van der Waals surface area contributed by atoms with Crippen molar-refractivity contribution in [3.05, 3.63) is 566 Å². The van der Waals surface area contributed by atoms with Gasteiger partial charge in [-0.2, -0.15) is 0 Å². The van der Waals surface area contributed by atoms with Crippen molar-refractivity contribution >= 4 is 0 Å². The third kappa shape index (κ3) is 15.6. The van der Waals surface area contributed by atoms with Crippen LogP contribution in [0.4, 0.5) is 0 Å². The summed E-state index contributed by atoms with van der Waals surface area (Å²) in [6.07, 6.45) is 0. The lowest BCUT2D eigenvalue weighted by Crippen LogP contribution is -2.32. The predicted octanol–water partition coefficient (Wildman–Crippen LogP) is 32.9. The van der Waals surface area contributed by atoms with Crippen LogP contribution in [0.1, 0.15) is 44.5 Å². The van der Waals surface area contributed by atoms with E-state index in [2.05, 4.69) is 394 Å². The monoisotopic (exact) mass is 1890 g/mol. The van der Waals surface area contributed by atoms with Crippen LogP contribution in [0.15, 0.2) is 522 Å². The summed E-state index contributed by atoms with van der Waals surface area (Å²) in [6, 6.07) is 182. The summed E-state index contributed by atoms with van der Waals surface area (Å²) < 4.78 is 14.1. The van der Waals surface area contributed by atoms with Crippen molar-refractivity contribution in [2.75, 3.05) is 0 Å². The van der Waals surface area contributed by atoms with Crippen molar-refractivity contribution in [2.24, 2.45) is 0 Å². The summed E-state index contributed by atoms with van der Waals surface area (Å²) in [5, 5.41) is 0. The van der Waals surface area contributed by atoms with Gasteiger partial charge in [-0.15, -0.1) is 0 Å². The third-order valence-corrected chi connectivity index (χ3v) is 28.9. The molecule has 2 aliphatic carbocycles. The average molecular weight is 1890 g/mol.